The number of nitrogens with one attached hydrogen (secondary N) is 2. The van der Waals surface area contributed by atoms with Crippen molar-refractivity contribution in [1.82, 2.24) is 10.6 Å². The third-order valence-corrected chi connectivity index (χ3v) is 5.73. The van der Waals surface area contributed by atoms with Crippen LogP contribution in [0.15, 0.2) is 6.07 Å². The number of carbonyl (C=O) groups excluding carboxylic acids is 1. The number of hydrogen-bond donors (Lipinski definition) is 2. The molecule has 3 nitrogen and oxygen atoms in total. The minimum Gasteiger partial charge on any atom is -0.352 e. The summed E-state index contributed by atoms with van der Waals surface area (Å²) in [6.07, 6.45) is 4.56. The summed E-state index contributed by atoms with van der Waals surface area (Å²) in [5.41, 5.74) is 1.38. The summed E-state index contributed by atoms with van der Waals surface area (Å²) in [6.45, 7) is 2.42. The molecule has 0 radical (unpaired) electrons. The van der Waals surface area contributed by atoms with Crippen molar-refractivity contribution in [3.63, 3.8) is 0 Å². The van der Waals surface area contributed by atoms with Gasteiger partial charge in [-0.2, -0.15) is 0 Å². The van der Waals surface area contributed by atoms with Gasteiger partial charge in [0, 0.05) is 18.7 Å². The Balaban J connectivity index is 1.84. The van der Waals surface area contributed by atoms with Gasteiger partial charge in [0.25, 0.3) is 5.91 Å². The van der Waals surface area contributed by atoms with E-state index in [4.69, 9.17) is 34.8 Å². The molecule has 2 N–H and O–H groups in total. The molecule has 3 rings (SSSR count). The molecule has 1 saturated heterocycles. The molecule has 1 aromatic rings. The third-order valence-electron chi connectivity index (χ3n) is 4.45. The Kier molecular flexibility index (Phi) is 5.18. The van der Waals surface area contributed by atoms with Gasteiger partial charge >= 0.3 is 0 Å². The Labute approximate surface area is 145 Å². The van der Waals surface area contributed by atoms with Crippen LogP contribution in [0.1, 0.15) is 47.5 Å². The lowest BCUT2D eigenvalue weighted by molar-refractivity contribution is 0.0951. The fourth-order valence-corrected chi connectivity index (χ4v) is 3.75. The van der Waals surface area contributed by atoms with Crippen LogP contribution in [0.4, 0.5) is 0 Å². The molecule has 1 unspecified atom stereocenters. The molecule has 0 bridgehead atoms. The average molecular weight is 362 g/mol. The highest BCUT2D eigenvalue weighted by molar-refractivity contribution is 6.48. The molecule has 1 saturated carbocycles. The predicted octanol–water partition coefficient (Wildman–Crippen LogP) is 4.25. The number of benzene rings is 1. The van der Waals surface area contributed by atoms with E-state index in [1.54, 1.807) is 6.07 Å². The summed E-state index contributed by atoms with van der Waals surface area (Å²) in [5.74, 6) is 0.880. The lowest BCUT2D eigenvalue weighted by Crippen LogP contribution is -2.27. The van der Waals surface area contributed by atoms with Gasteiger partial charge in [-0.05, 0) is 42.9 Å². The molecule has 2 aliphatic rings. The Bertz CT molecular complexity index is 581. The Morgan fingerprint density at radius 2 is 2.00 bits per heavy atom. The van der Waals surface area contributed by atoms with Crippen LogP contribution in [-0.2, 0) is 0 Å². The van der Waals surface area contributed by atoms with E-state index in [1.165, 1.54) is 12.8 Å². The molecular weight excluding hydrogens is 343 g/mol. The molecule has 1 heterocycles. The summed E-state index contributed by atoms with van der Waals surface area (Å²) in [5, 5.41) is 7.36. The summed E-state index contributed by atoms with van der Waals surface area (Å²) in [6, 6.07) is 1.65. The molecule has 1 atom stereocenters. The number of halogens is 3. The molecule has 1 aromatic carbocycles. The van der Waals surface area contributed by atoms with Gasteiger partial charge in [0.05, 0.1) is 15.1 Å². The highest BCUT2D eigenvalue weighted by Crippen LogP contribution is 2.40. The molecular formula is C16H19Cl3N2O. The van der Waals surface area contributed by atoms with Gasteiger partial charge in [0.15, 0.2) is 0 Å². The molecule has 6 heteroatoms. The topological polar surface area (TPSA) is 41.1 Å². The van der Waals surface area contributed by atoms with Crippen LogP contribution in [0.2, 0.25) is 15.1 Å². The first kappa shape index (κ1) is 16.4. The molecule has 0 aromatic heterocycles. The van der Waals surface area contributed by atoms with Crippen LogP contribution in [0.3, 0.4) is 0 Å². The largest absolute Gasteiger partial charge is 0.352 e. The van der Waals surface area contributed by atoms with E-state index in [1.807, 2.05) is 0 Å². The highest BCUT2D eigenvalue weighted by atomic mass is 35.5. The smallest absolute Gasteiger partial charge is 0.251 e. The van der Waals surface area contributed by atoms with E-state index in [9.17, 15) is 4.79 Å². The zero-order valence-electron chi connectivity index (χ0n) is 12.2. The first-order chi connectivity index (χ1) is 10.6. The van der Waals surface area contributed by atoms with Crippen LogP contribution in [0.5, 0.6) is 0 Å². The van der Waals surface area contributed by atoms with Crippen molar-refractivity contribution in [3.8, 4) is 0 Å². The Morgan fingerprint density at radius 1 is 1.23 bits per heavy atom. The lowest BCUT2D eigenvalue weighted by Gasteiger charge is -2.18. The van der Waals surface area contributed by atoms with Crippen LogP contribution in [-0.4, -0.2) is 25.5 Å². The fraction of sp³-hybridized carbons (Fsp3) is 0.562. The molecule has 2 fully saturated rings. The van der Waals surface area contributed by atoms with Crippen molar-refractivity contribution in [3.05, 3.63) is 32.3 Å². The van der Waals surface area contributed by atoms with E-state index in [-0.39, 0.29) is 11.8 Å². The van der Waals surface area contributed by atoms with Gasteiger partial charge in [-0.3, -0.25) is 4.79 Å². The molecule has 22 heavy (non-hydrogen) atoms. The zero-order valence-corrected chi connectivity index (χ0v) is 14.5. The maximum Gasteiger partial charge on any atom is 0.251 e. The zero-order chi connectivity index (χ0) is 15.7. The second kappa shape index (κ2) is 6.96. The molecule has 1 aliphatic carbocycles. The van der Waals surface area contributed by atoms with Crippen molar-refractivity contribution in [2.24, 2.45) is 5.92 Å². The van der Waals surface area contributed by atoms with Crippen molar-refractivity contribution in [1.29, 1.82) is 0 Å². The van der Waals surface area contributed by atoms with E-state index in [2.05, 4.69) is 10.6 Å². The van der Waals surface area contributed by atoms with Crippen molar-refractivity contribution >= 4 is 40.7 Å². The first-order valence-electron chi connectivity index (χ1n) is 7.74. The summed E-state index contributed by atoms with van der Waals surface area (Å²) < 4.78 is 0. The molecule has 1 amide bonds. The van der Waals surface area contributed by atoms with Crippen molar-refractivity contribution < 1.29 is 4.79 Å². The molecule has 1 aliphatic heterocycles. The average Bonchev–Trinajstić information content (AvgIpc) is 3.16. The van der Waals surface area contributed by atoms with Gasteiger partial charge in [-0.25, -0.2) is 0 Å². The van der Waals surface area contributed by atoms with Gasteiger partial charge < -0.3 is 10.6 Å². The number of hydrogen-bond acceptors (Lipinski definition) is 2. The fourth-order valence-electron chi connectivity index (χ4n) is 2.99. The second-order valence-electron chi connectivity index (χ2n) is 6.13. The van der Waals surface area contributed by atoms with Crippen LogP contribution >= 0.6 is 34.8 Å². The maximum absolute atomic E-state index is 12.5. The van der Waals surface area contributed by atoms with E-state index >= 15 is 0 Å². The van der Waals surface area contributed by atoms with Crippen LogP contribution in [0.25, 0.3) is 0 Å². The summed E-state index contributed by atoms with van der Waals surface area (Å²) >= 11 is 18.7. The number of amides is 1. The Hall–Kier alpha value is -0.480. The maximum atomic E-state index is 12.5. The lowest BCUT2D eigenvalue weighted by atomic mass is 9.92. The van der Waals surface area contributed by atoms with Gasteiger partial charge in [0.1, 0.15) is 0 Å². The third kappa shape index (κ3) is 3.53. The van der Waals surface area contributed by atoms with Gasteiger partial charge in [0.2, 0.25) is 0 Å². The van der Waals surface area contributed by atoms with Crippen molar-refractivity contribution in [2.75, 3.05) is 19.6 Å². The van der Waals surface area contributed by atoms with Crippen molar-refractivity contribution in [2.45, 2.75) is 31.6 Å². The quantitative estimate of drug-likeness (QED) is 0.770. The van der Waals surface area contributed by atoms with E-state index in [0.29, 0.717) is 27.2 Å². The highest BCUT2D eigenvalue weighted by Gasteiger charge is 2.28. The van der Waals surface area contributed by atoms with Crippen LogP contribution in [0, 0.1) is 5.92 Å². The first-order valence-corrected chi connectivity index (χ1v) is 8.87. The predicted molar refractivity (Wildman–Crippen MR) is 91.4 cm³/mol. The van der Waals surface area contributed by atoms with Gasteiger partial charge in [-0.15, -0.1) is 0 Å². The summed E-state index contributed by atoms with van der Waals surface area (Å²) in [4.78, 5) is 12.5. The number of carbonyl (C=O) groups is 1. The molecule has 0 spiro atoms. The standard InChI is InChI=1S/C16H19Cl3N2O/c17-12-7-11(16(22)21-6-3-9-1-2-9)13(15(19)14(12)18)10-4-5-20-8-10/h7,9-10,20H,1-6,8H2,(H,21,22). The normalized spacial score (nSPS) is 21.1. The second-order valence-corrected chi connectivity index (χ2v) is 7.29. The van der Waals surface area contributed by atoms with E-state index < -0.39 is 0 Å². The summed E-state index contributed by atoms with van der Waals surface area (Å²) in [7, 11) is 0. The van der Waals surface area contributed by atoms with Gasteiger partial charge in [-0.1, -0.05) is 47.6 Å². The number of rotatable bonds is 5. The minimum absolute atomic E-state index is 0.108. The molecule has 120 valence electrons. The van der Waals surface area contributed by atoms with Crippen LogP contribution < -0.4 is 10.6 Å². The Morgan fingerprint density at radius 3 is 2.64 bits per heavy atom. The van der Waals surface area contributed by atoms with E-state index in [0.717, 1.165) is 37.4 Å². The SMILES string of the molecule is O=C(NCCC1CC1)c1cc(Cl)c(Cl)c(Cl)c1C1CCNC1. The monoisotopic (exact) mass is 360 g/mol. The minimum atomic E-state index is -0.108.